The van der Waals surface area contributed by atoms with Crippen LogP contribution in [0.5, 0.6) is 0 Å². The minimum Gasteiger partial charge on any atom is -0.440 e. The van der Waals surface area contributed by atoms with Gasteiger partial charge in [-0.05, 0) is 23.8 Å². The van der Waals surface area contributed by atoms with Gasteiger partial charge in [0.2, 0.25) is 7.98 Å². The minimum atomic E-state index is 0.381. The first-order valence-electron chi connectivity index (χ1n) is 3.26. The van der Waals surface area contributed by atoms with Crippen LogP contribution in [0.3, 0.4) is 0 Å². The van der Waals surface area contributed by atoms with Gasteiger partial charge in [0.05, 0.1) is 0 Å². The molecule has 0 saturated carbocycles. The molecule has 2 radical (unpaired) electrons. The highest BCUT2D eigenvalue weighted by Crippen LogP contribution is 2.27. The Bertz CT molecular complexity index is 193. The maximum Gasteiger partial charge on any atom is 0.222 e. The largest absolute Gasteiger partial charge is 0.440 e. The quantitative estimate of drug-likeness (QED) is 0.440. The lowest BCUT2D eigenvalue weighted by molar-refractivity contribution is 0.793. The summed E-state index contributed by atoms with van der Waals surface area (Å²) in [6, 6.07) is 0. The molecule has 0 spiro atoms. The second-order valence-electron chi connectivity index (χ2n) is 2.44. The van der Waals surface area contributed by atoms with Crippen LogP contribution < -0.4 is 5.23 Å². The highest BCUT2D eigenvalue weighted by atomic mass is 14.8. The minimum absolute atomic E-state index is 0.381. The summed E-state index contributed by atoms with van der Waals surface area (Å²) < 4.78 is 0. The topological polar surface area (TPSA) is 12.0 Å². The molecule has 0 bridgehead atoms. The Kier molecular flexibility index (Phi) is 2.00. The molecule has 0 aliphatic heterocycles. The summed E-state index contributed by atoms with van der Waals surface area (Å²) in [5.41, 5.74) is 2.12. The molecule has 0 amide bonds. The van der Waals surface area contributed by atoms with Gasteiger partial charge >= 0.3 is 0 Å². The molecule has 1 atom stereocenters. The maximum atomic E-state index is 5.22. The van der Waals surface area contributed by atoms with Gasteiger partial charge in [0.1, 0.15) is 0 Å². The predicted molar refractivity (Wildman–Crippen MR) is 44.4 cm³/mol. The second-order valence-corrected chi connectivity index (χ2v) is 2.44. The van der Waals surface area contributed by atoms with Gasteiger partial charge in [-0.3, -0.25) is 0 Å². The van der Waals surface area contributed by atoms with Crippen molar-refractivity contribution < 1.29 is 0 Å². The highest BCUT2D eigenvalue weighted by molar-refractivity contribution is 6.05. The normalized spacial score (nSPS) is 24.2. The molecule has 1 aliphatic carbocycles. The van der Waals surface area contributed by atoms with Gasteiger partial charge in [-0.25, -0.2) is 0 Å². The molecule has 0 aromatic carbocycles. The van der Waals surface area contributed by atoms with Crippen molar-refractivity contribution >= 4 is 7.98 Å². The number of nitrogens with one attached hydrogen (secondary N) is 1. The average Bonchev–Trinajstić information content (AvgIpc) is 2.30. The molecule has 0 heterocycles. The van der Waals surface area contributed by atoms with Crippen molar-refractivity contribution in [1.29, 1.82) is 0 Å². The van der Waals surface area contributed by atoms with E-state index in [1.165, 1.54) is 0 Å². The molecular weight excluding hydrogens is 121 g/mol. The third-order valence-electron chi connectivity index (χ3n) is 1.75. The van der Waals surface area contributed by atoms with Crippen molar-refractivity contribution in [2.24, 2.45) is 5.92 Å². The van der Waals surface area contributed by atoms with Crippen molar-refractivity contribution in [1.82, 2.24) is 5.23 Å². The fourth-order valence-electron chi connectivity index (χ4n) is 1.09. The molecule has 0 aromatic heterocycles. The monoisotopic (exact) mass is 131 g/mol. The second kappa shape index (κ2) is 2.78. The van der Waals surface area contributed by atoms with E-state index in [1.807, 2.05) is 12.2 Å². The fourth-order valence-corrected chi connectivity index (χ4v) is 1.09. The first-order valence-corrected chi connectivity index (χ1v) is 3.26. The van der Waals surface area contributed by atoms with E-state index in [2.05, 4.69) is 18.4 Å². The lowest BCUT2D eigenvalue weighted by atomic mass is 10.0. The SMILES string of the molecule is [B]NC1=CC(=C)C(C=C)C1. The van der Waals surface area contributed by atoms with E-state index in [4.69, 9.17) is 7.98 Å². The zero-order chi connectivity index (χ0) is 7.56. The van der Waals surface area contributed by atoms with E-state index in [-0.39, 0.29) is 0 Å². The number of allylic oxidation sites excluding steroid dienone is 4. The van der Waals surface area contributed by atoms with Crippen LogP contribution in [0.15, 0.2) is 36.6 Å². The van der Waals surface area contributed by atoms with Gasteiger partial charge in [-0.2, -0.15) is 0 Å². The van der Waals surface area contributed by atoms with Gasteiger partial charge in [-0.15, -0.1) is 6.58 Å². The van der Waals surface area contributed by atoms with E-state index in [1.54, 1.807) is 0 Å². The van der Waals surface area contributed by atoms with E-state index in [9.17, 15) is 0 Å². The third-order valence-corrected chi connectivity index (χ3v) is 1.75. The Balaban J connectivity index is 2.66. The van der Waals surface area contributed by atoms with Crippen LogP contribution in [0.2, 0.25) is 0 Å². The molecule has 2 heteroatoms. The number of rotatable bonds is 2. The lowest BCUT2D eigenvalue weighted by Crippen LogP contribution is -2.06. The van der Waals surface area contributed by atoms with Crippen LogP contribution in [0, 0.1) is 5.92 Å². The van der Waals surface area contributed by atoms with Gasteiger partial charge in [0.25, 0.3) is 0 Å². The Hall–Kier alpha value is -0.915. The van der Waals surface area contributed by atoms with Crippen molar-refractivity contribution in [3.63, 3.8) is 0 Å². The first-order chi connectivity index (χ1) is 4.77. The summed E-state index contributed by atoms with van der Waals surface area (Å²) in [6.07, 6.45) is 4.77. The van der Waals surface area contributed by atoms with Crippen molar-refractivity contribution in [3.05, 3.63) is 36.6 Å². The standard InChI is InChI=1S/C8H10BN/c1-3-7-5-8(10-9)4-6(7)2/h3-4,7,10H,1-2,5H2. The molecule has 1 nitrogen and oxygen atoms in total. The zero-order valence-electron chi connectivity index (χ0n) is 5.93. The smallest absolute Gasteiger partial charge is 0.222 e. The van der Waals surface area contributed by atoms with Crippen LogP contribution in [0.25, 0.3) is 0 Å². The van der Waals surface area contributed by atoms with Crippen LogP contribution in [-0.4, -0.2) is 7.98 Å². The van der Waals surface area contributed by atoms with E-state index < -0.39 is 0 Å². The molecule has 0 fully saturated rings. The molecule has 1 unspecified atom stereocenters. The summed E-state index contributed by atoms with van der Waals surface area (Å²) >= 11 is 0. The van der Waals surface area contributed by atoms with Crippen LogP contribution in [0.1, 0.15) is 6.42 Å². The Morgan fingerprint density at radius 1 is 1.80 bits per heavy atom. The Morgan fingerprint density at radius 2 is 2.50 bits per heavy atom. The van der Waals surface area contributed by atoms with Crippen LogP contribution in [-0.2, 0) is 0 Å². The molecule has 0 aromatic rings. The van der Waals surface area contributed by atoms with E-state index in [0.29, 0.717) is 5.92 Å². The lowest BCUT2D eigenvalue weighted by Gasteiger charge is -2.03. The molecule has 1 aliphatic rings. The Morgan fingerprint density at radius 3 is 2.80 bits per heavy atom. The molecule has 10 heavy (non-hydrogen) atoms. The summed E-state index contributed by atoms with van der Waals surface area (Å²) in [5, 5.41) is 2.61. The third kappa shape index (κ3) is 1.15. The predicted octanol–water partition coefficient (Wildman–Crippen LogP) is 1.31. The molecule has 1 N–H and O–H groups in total. The van der Waals surface area contributed by atoms with E-state index >= 15 is 0 Å². The van der Waals surface area contributed by atoms with E-state index in [0.717, 1.165) is 17.7 Å². The average molecular weight is 131 g/mol. The van der Waals surface area contributed by atoms with Crippen molar-refractivity contribution in [2.75, 3.05) is 0 Å². The van der Waals surface area contributed by atoms with Gasteiger partial charge in [0.15, 0.2) is 0 Å². The number of hydrogen-bond acceptors (Lipinski definition) is 1. The number of hydrogen-bond donors (Lipinski definition) is 1. The molecule has 1 rings (SSSR count). The van der Waals surface area contributed by atoms with Crippen molar-refractivity contribution in [3.8, 4) is 0 Å². The van der Waals surface area contributed by atoms with Crippen LogP contribution in [0.4, 0.5) is 0 Å². The summed E-state index contributed by atoms with van der Waals surface area (Å²) in [7, 11) is 5.22. The summed E-state index contributed by atoms with van der Waals surface area (Å²) in [6.45, 7) is 7.56. The fraction of sp³-hybridized carbons (Fsp3) is 0.250. The Labute approximate surface area is 62.9 Å². The molecule has 0 saturated heterocycles. The van der Waals surface area contributed by atoms with Crippen LogP contribution >= 0.6 is 0 Å². The van der Waals surface area contributed by atoms with Gasteiger partial charge in [-0.1, -0.05) is 12.7 Å². The first kappa shape index (κ1) is 7.20. The molecule has 50 valence electrons. The van der Waals surface area contributed by atoms with Gasteiger partial charge < -0.3 is 5.23 Å². The zero-order valence-corrected chi connectivity index (χ0v) is 5.93. The molecular formula is C8H10BN. The van der Waals surface area contributed by atoms with Crippen molar-refractivity contribution in [2.45, 2.75) is 6.42 Å². The maximum absolute atomic E-state index is 5.22. The summed E-state index contributed by atoms with van der Waals surface area (Å²) in [4.78, 5) is 0. The summed E-state index contributed by atoms with van der Waals surface area (Å²) in [5.74, 6) is 0.381. The highest BCUT2D eigenvalue weighted by Gasteiger charge is 2.15. The van der Waals surface area contributed by atoms with Gasteiger partial charge in [0, 0.05) is 5.92 Å².